The Morgan fingerprint density at radius 1 is 1.30 bits per heavy atom. The van der Waals surface area contributed by atoms with Gasteiger partial charge in [-0.1, -0.05) is 0 Å². The van der Waals surface area contributed by atoms with Crippen LogP contribution in [0.1, 0.15) is 42.1 Å². The van der Waals surface area contributed by atoms with E-state index in [2.05, 4.69) is 47.7 Å². The SMILES string of the molecule is Cc1cc(NC(=O)c2cccnc2)ccc1[N+]1(C2CCNC2)CCCC1C. The molecule has 5 heteroatoms. The molecule has 3 atom stereocenters. The van der Waals surface area contributed by atoms with Gasteiger partial charge in [0.15, 0.2) is 0 Å². The van der Waals surface area contributed by atoms with Gasteiger partial charge < -0.3 is 10.6 Å². The van der Waals surface area contributed by atoms with Crippen molar-refractivity contribution < 1.29 is 4.79 Å². The number of nitrogens with zero attached hydrogens (tertiary/aromatic N) is 2. The number of hydrogen-bond acceptors (Lipinski definition) is 3. The number of benzene rings is 1. The second-order valence-corrected chi connectivity index (χ2v) is 7.99. The predicted octanol–water partition coefficient (Wildman–Crippen LogP) is 3.49. The molecule has 5 nitrogen and oxygen atoms in total. The first kappa shape index (κ1) is 18.1. The van der Waals surface area contributed by atoms with Gasteiger partial charge in [0.05, 0.1) is 18.2 Å². The van der Waals surface area contributed by atoms with E-state index in [0.717, 1.165) is 23.3 Å². The van der Waals surface area contributed by atoms with Crippen LogP contribution in [-0.4, -0.2) is 42.6 Å². The molecular weight excluding hydrogens is 336 g/mol. The molecule has 142 valence electrons. The topological polar surface area (TPSA) is 54.0 Å². The van der Waals surface area contributed by atoms with Crippen molar-refractivity contribution >= 4 is 17.3 Å². The van der Waals surface area contributed by atoms with Gasteiger partial charge in [0.25, 0.3) is 5.91 Å². The zero-order chi connectivity index (χ0) is 18.9. The van der Waals surface area contributed by atoms with Crippen LogP contribution in [-0.2, 0) is 0 Å². The van der Waals surface area contributed by atoms with Gasteiger partial charge in [0, 0.05) is 62.1 Å². The summed E-state index contributed by atoms with van der Waals surface area (Å²) >= 11 is 0. The quantitative estimate of drug-likeness (QED) is 0.816. The Labute approximate surface area is 161 Å². The molecule has 4 rings (SSSR count). The number of aromatic nitrogens is 1. The van der Waals surface area contributed by atoms with Crippen molar-refractivity contribution in [2.24, 2.45) is 0 Å². The number of anilines is 1. The first-order valence-corrected chi connectivity index (χ1v) is 10.0. The largest absolute Gasteiger partial charge is 0.322 e. The number of aryl methyl sites for hydroxylation is 1. The fraction of sp³-hybridized carbons (Fsp3) is 0.455. The molecule has 2 N–H and O–H groups in total. The van der Waals surface area contributed by atoms with E-state index < -0.39 is 0 Å². The van der Waals surface area contributed by atoms with Crippen molar-refractivity contribution in [2.45, 2.75) is 45.2 Å². The summed E-state index contributed by atoms with van der Waals surface area (Å²) in [7, 11) is 0. The maximum Gasteiger partial charge on any atom is 0.257 e. The second-order valence-electron chi connectivity index (χ2n) is 7.99. The third-order valence-electron chi connectivity index (χ3n) is 6.45. The highest BCUT2D eigenvalue weighted by molar-refractivity contribution is 6.04. The molecule has 2 aliphatic rings. The number of carbonyl (C=O) groups is 1. The summed E-state index contributed by atoms with van der Waals surface area (Å²) in [6, 6.07) is 11.3. The van der Waals surface area contributed by atoms with Crippen LogP contribution in [0.2, 0.25) is 0 Å². The van der Waals surface area contributed by atoms with Gasteiger partial charge in [-0.15, -0.1) is 0 Å². The molecule has 0 spiro atoms. The third kappa shape index (κ3) is 3.26. The number of amides is 1. The van der Waals surface area contributed by atoms with Crippen LogP contribution >= 0.6 is 0 Å². The zero-order valence-electron chi connectivity index (χ0n) is 16.2. The highest BCUT2D eigenvalue weighted by Gasteiger charge is 2.48. The van der Waals surface area contributed by atoms with Gasteiger partial charge in [-0.2, -0.15) is 0 Å². The molecule has 1 amide bonds. The minimum absolute atomic E-state index is 0.117. The third-order valence-corrected chi connectivity index (χ3v) is 6.45. The molecule has 0 saturated carbocycles. The van der Waals surface area contributed by atoms with Crippen LogP contribution < -0.4 is 15.1 Å². The van der Waals surface area contributed by atoms with Gasteiger partial charge in [-0.05, 0) is 38.1 Å². The summed E-state index contributed by atoms with van der Waals surface area (Å²) in [5, 5.41) is 6.57. The molecule has 2 fully saturated rings. The average Bonchev–Trinajstić information content (AvgIpc) is 3.33. The molecule has 2 aromatic rings. The highest BCUT2D eigenvalue weighted by atomic mass is 16.1. The van der Waals surface area contributed by atoms with Crippen molar-refractivity contribution in [3.63, 3.8) is 0 Å². The number of likely N-dealkylation sites (tertiary alicyclic amines) is 1. The molecule has 2 saturated heterocycles. The zero-order valence-corrected chi connectivity index (χ0v) is 16.2. The highest BCUT2D eigenvalue weighted by Crippen LogP contribution is 2.41. The van der Waals surface area contributed by atoms with Crippen LogP contribution in [0.15, 0.2) is 42.7 Å². The summed E-state index contributed by atoms with van der Waals surface area (Å²) < 4.78 is 1.09. The molecular formula is C22H29N4O+. The van der Waals surface area contributed by atoms with E-state index in [1.165, 1.54) is 37.1 Å². The summed E-state index contributed by atoms with van der Waals surface area (Å²) in [5.41, 5.74) is 4.11. The lowest BCUT2D eigenvalue weighted by molar-refractivity contribution is 0.102. The molecule has 3 heterocycles. The van der Waals surface area contributed by atoms with Crippen molar-refractivity contribution in [1.29, 1.82) is 0 Å². The molecule has 0 radical (unpaired) electrons. The predicted molar refractivity (Wildman–Crippen MR) is 110 cm³/mol. The standard InChI is InChI=1S/C22H28N4O/c1-16-13-19(25-22(27)18-6-3-10-23-14-18)7-8-21(16)26(12-4-5-17(26)2)20-9-11-24-15-20/h3,6-8,10,13-14,17,20,24H,4-5,9,11-12,15H2,1-2H3/p+1. The van der Waals surface area contributed by atoms with Crippen LogP contribution in [0.3, 0.4) is 0 Å². The van der Waals surface area contributed by atoms with Crippen molar-refractivity contribution in [2.75, 3.05) is 25.0 Å². The van der Waals surface area contributed by atoms with E-state index in [0.29, 0.717) is 17.6 Å². The molecule has 1 aromatic carbocycles. The Morgan fingerprint density at radius 2 is 2.19 bits per heavy atom. The summed E-state index contributed by atoms with van der Waals surface area (Å²) in [4.78, 5) is 16.5. The number of nitrogens with one attached hydrogen (secondary N) is 2. The average molecular weight is 366 g/mol. The van der Waals surface area contributed by atoms with Crippen molar-refractivity contribution in [1.82, 2.24) is 14.8 Å². The molecule has 27 heavy (non-hydrogen) atoms. The van der Waals surface area contributed by atoms with E-state index in [-0.39, 0.29) is 5.91 Å². The Bertz CT molecular complexity index is 816. The summed E-state index contributed by atoms with van der Waals surface area (Å²) in [6.45, 7) is 8.03. The molecule has 0 aliphatic carbocycles. The van der Waals surface area contributed by atoms with Crippen molar-refractivity contribution in [3.8, 4) is 0 Å². The summed E-state index contributed by atoms with van der Waals surface area (Å²) in [5.74, 6) is -0.117. The minimum atomic E-state index is -0.117. The first-order chi connectivity index (χ1) is 13.1. The molecule has 3 unspecified atom stereocenters. The normalized spacial score (nSPS) is 27.6. The maximum absolute atomic E-state index is 12.4. The van der Waals surface area contributed by atoms with Crippen LogP contribution in [0, 0.1) is 6.92 Å². The van der Waals surface area contributed by atoms with Gasteiger partial charge in [0.1, 0.15) is 11.7 Å². The second kappa shape index (κ2) is 7.41. The Balaban J connectivity index is 1.62. The van der Waals surface area contributed by atoms with E-state index in [1.807, 2.05) is 0 Å². The van der Waals surface area contributed by atoms with E-state index in [4.69, 9.17) is 0 Å². The lowest BCUT2D eigenvalue weighted by Crippen LogP contribution is -2.60. The molecule has 1 aromatic heterocycles. The lowest BCUT2D eigenvalue weighted by Gasteiger charge is -2.44. The minimum Gasteiger partial charge on any atom is -0.322 e. The smallest absolute Gasteiger partial charge is 0.257 e. The number of carbonyl (C=O) groups excluding carboxylic acids is 1. The van der Waals surface area contributed by atoms with Gasteiger partial charge in [-0.3, -0.25) is 14.3 Å². The number of pyridine rings is 1. The Morgan fingerprint density at radius 3 is 2.81 bits per heavy atom. The molecule has 0 bridgehead atoms. The summed E-state index contributed by atoms with van der Waals surface area (Å²) in [6.07, 6.45) is 7.08. The van der Waals surface area contributed by atoms with Crippen LogP contribution in [0.5, 0.6) is 0 Å². The van der Waals surface area contributed by atoms with Gasteiger partial charge in [-0.25, -0.2) is 0 Å². The lowest BCUT2D eigenvalue weighted by atomic mass is 10.0. The maximum atomic E-state index is 12.4. The number of rotatable bonds is 4. The van der Waals surface area contributed by atoms with Crippen molar-refractivity contribution in [3.05, 3.63) is 53.9 Å². The number of quaternary nitrogens is 1. The van der Waals surface area contributed by atoms with Gasteiger partial charge >= 0.3 is 0 Å². The molecule has 2 aliphatic heterocycles. The Hall–Kier alpha value is -2.24. The fourth-order valence-corrected chi connectivity index (χ4v) is 5.13. The number of hydrogen-bond donors (Lipinski definition) is 2. The van der Waals surface area contributed by atoms with Crippen LogP contribution in [0.25, 0.3) is 0 Å². The first-order valence-electron chi connectivity index (χ1n) is 10.0. The van der Waals surface area contributed by atoms with Gasteiger partial charge in [0.2, 0.25) is 0 Å². The fourth-order valence-electron chi connectivity index (χ4n) is 5.13. The van der Waals surface area contributed by atoms with E-state index >= 15 is 0 Å². The van der Waals surface area contributed by atoms with E-state index in [9.17, 15) is 4.79 Å². The Kier molecular flexibility index (Phi) is 4.98. The van der Waals surface area contributed by atoms with E-state index in [1.54, 1.807) is 24.5 Å². The van der Waals surface area contributed by atoms with Crippen LogP contribution in [0.4, 0.5) is 11.4 Å². The monoisotopic (exact) mass is 365 g/mol.